The first-order valence-corrected chi connectivity index (χ1v) is 15.5. The maximum absolute atomic E-state index is 12.3. The van der Waals surface area contributed by atoms with Crippen molar-refractivity contribution in [2.45, 2.75) is 97.2 Å². The van der Waals surface area contributed by atoms with Crippen LogP contribution in [0.2, 0.25) is 0 Å². The molecule has 4 saturated carbocycles. The lowest BCUT2D eigenvalue weighted by Gasteiger charge is -2.62. The van der Waals surface area contributed by atoms with Gasteiger partial charge in [-0.25, -0.2) is 8.42 Å². The van der Waals surface area contributed by atoms with Crippen LogP contribution in [0.25, 0.3) is 0 Å². The molecular weight excluding hydrogens is 450 g/mol. The zero-order valence-corrected chi connectivity index (χ0v) is 22.3. The number of amides is 1. The van der Waals surface area contributed by atoms with Crippen LogP contribution in [0, 0.1) is 46.3 Å². The van der Waals surface area contributed by atoms with Crippen LogP contribution in [-0.2, 0) is 14.6 Å². The van der Waals surface area contributed by atoms with Crippen LogP contribution < -0.4 is 5.32 Å². The third-order valence-corrected chi connectivity index (χ3v) is 11.5. The summed E-state index contributed by atoms with van der Waals surface area (Å²) in [4.78, 5) is 12.3. The number of rotatable bonds is 7. The van der Waals surface area contributed by atoms with Crippen LogP contribution in [0.15, 0.2) is 0 Å². The second-order valence-electron chi connectivity index (χ2n) is 12.6. The normalized spacial score (nSPS) is 50.2. The molecule has 0 spiro atoms. The summed E-state index contributed by atoms with van der Waals surface area (Å²) in [6.07, 6.45) is 6.08. The summed E-state index contributed by atoms with van der Waals surface area (Å²) in [6.45, 7) is 6.84. The lowest BCUT2D eigenvalue weighted by atomic mass is 9.43. The van der Waals surface area contributed by atoms with E-state index < -0.39 is 21.8 Å². The lowest BCUT2D eigenvalue weighted by molar-refractivity contribution is -0.174. The van der Waals surface area contributed by atoms with Gasteiger partial charge in [0.15, 0.2) is 0 Å². The van der Waals surface area contributed by atoms with Crippen molar-refractivity contribution in [2.75, 3.05) is 18.6 Å². The molecule has 0 aromatic carbocycles. The highest BCUT2D eigenvalue weighted by molar-refractivity contribution is 7.90. The van der Waals surface area contributed by atoms with E-state index in [2.05, 4.69) is 26.1 Å². The summed E-state index contributed by atoms with van der Waals surface area (Å²) in [7, 11) is -3.11. The van der Waals surface area contributed by atoms with Crippen LogP contribution in [0.1, 0.15) is 87.7 Å². The Morgan fingerprint density at radius 1 is 1.09 bits per heavy atom. The SMILES string of the molecule is [2H][C@]12C3CCC(C(C)CCC(=O)NCCS(C)(=O)=O)[C@@]3(C)CC[C@@H]1[C@@]1(C)CCC(O)C[C@H]1C[C@@]2([2H])O. The van der Waals surface area contributed by atoms with Gasteiger partial charge in [-0.2, -0.15) is 0 Å². The van der Waals surface area contributed by atoms with Gasteiger partial charge < -0.3 is 15.5 Å². The minimum Gasteiger partial charge on any atom is -0.393 e. The Labute approximate surface area is 209 Å². The summed E-state index contributed by atoms with van der Waals surface area (Å²) in [5, 5.41) is 24.6. The maximum atomic E-state index is 12.3. The van der Waals surface area contributed by atoms with Gasteiger partial charge in [0.05, 0.1) is 19.3 Å². The largest absolute Gasteiger partial charge is 0.393 e. The highest BCUT2D eigenvalue weighted by atomic mass is 32.2. The van der Waals surface area contributed by atoms with E-state index in [-0.39, 0.29) is 65.2 Å². The van der Waals surface area contributed by atoms with E-state index in [4.69, 9.17) is 1.37 Å². The standard InChI is InChI=1S/C27H47NO5S/c1-17(5-8-24(31)28-13-14-34(4,32)33)20-6-7-21-25-22(10-12-27(20,21)3)26(2)11-9-19(29)15-18(26)16-23(25)30/h17-23,25,29-30H,5-16H2,1-4H3,(H,28,31)/t17?,18-,19?,20?,21?,22-,23+,25-,26-,27+/m0/s1/i23D,25D. The predicted octanol–water partition coefficient (Wildman–Crippen LogP) is 3.55. The van der Waals surface area contributed by atoms with Gasteiger partial charge in [0.1, 0.15) is 9.84 Å². The van der Waals surface area contributed by atoms with Crippen LogP contribution in [0.5, 0.6) is 0 Å². The average molecular weight is 500 g/mol. The first-order valence-electron chi connectivity index (χ1n) is 14.4. The van der Waals surface area contributed by atoms with Crippen molar-refractivity contribution in [3.05, 3.63) is 0 Å². The fourth-order valence-electron chi connectivity index (χ4n) is 8.56. The van der Waals surface area contributed by atoms with E-state index in [0.717, 1.165) is 44.8 Å². The summed E-state index contributed by atoms with van der Waals surface area (Å²) in [5.74, 6) is -0.867. The molecule has 4 aliphatic carbocycles. The van der Waals surface area contributed by atoms with E-state index in [1.165, 1.54) is 0 Å². The molecule has 196 valence electrons. The van der Waals surface area contributed by atoms with E-state index in [1.807, 2.05) is 0 Å². The fraction of sp³-hybridized carbons (Fsp3) is 0.963. The van der Waals surface area contributed by atoms with Gasteiger partial charge >= 0.3 is 0 Å². The second-order valence-corrected chi connectivity index (χ2v) is 14.8. The molecular formula is C27H47NO5S. The average Bonchev–Trinajstić information content (AvgIpc) is 3.11. The molecule has 3 N–H and O–H groups in total. The third kappa shape index (κ3) is 4.95. The van der Waals surface area contributed by atoms with Gasteiger partial charge in [0.2, 0.25) is 5.91 Å². The molecule has 4 fully saturated rings. The van der Waals surface area contributed by atoms with Crippen LogP contribution >= 0.6 is 0 Å². The number of sulfone groups is 1. The first kappa shape index (κ1) is 23.7. The molecule has 10 atom stereocenters. The van der Waals surface area contributed by atoms with Gasteiger partial charge in [-0.15, -0.1) is 0 Å². The topological polar surface area (TPSA) is 104 Å². The van der Waals surface area contributed by atoms with Gasteiger partial charge in [-0.3, -0.25) is 4.79 Å². The number of carbonyl (C=O) groups excluding carboxylic acids is 1. The molecule has 1 amide bonds. The molecule has 0 bridgehead atoms. The number of carbonyl (C=O) groups is 1. The molecule has 4 unspecified atom stereocenters. The summed E-state index contributed by atoms with van der Waals surface area (Å²) >= 11 is 0. The summed E-state index contributed by atoms with van der Waals surface area (Å²) in [5.41, 5.74) is -0.278. The molecule has 4 aliphatic rings. The second kappa shape index (κ2) is 9.66. The molecule has 7 heteroatoms. The summed E-state index contributed by atoms with van der Waals surface area (Å²) in [6, 6.07) is 0. The van der Waals surface area contributed by atoms with Crippen molar-refractivity contribution in [3.63, 3.8) is 0 Å². The van der Waals surface area contributed by atoms with Crippen molar-refractivity contribution < 1.29 is 26.2 Å². The number of fused-ring (bicyclic) bond motifs is 5. The molecule has 0 radical (unpaired) electrons. The Bertz CT molecular complexity index is 960. The quantitative estimate of drug-likeness (QED) is 0.497. The smallest absolute Gasteiger partial charge is 0.220 e. The zero-order valence-electron chi connectivity index (χ0n) is 23.5. The molecule has 6 nitrogen and oxygen atoms in total. The molecule has 34 heavy (non-hydrogen) atoms. The van der Waals surface area contributed by atoms with Crippen LogP contribution in [0.3, 0.4) is 0 Å². The number of aliphatic hydroxyl groups is 2. The highest BCUT2D eigenvalue weighted by Crippen LogP contribution is 2.68. The van der Waals surface area contributed by atoms with E-state index >= 15 is 0 Å². The van der Waals surface area contributed by atoms with Crippen molar-refractivity contribution in [3.8, 4) is 0 Å². The minimum absolute atomic E-state index is 0.0495. The maximum Gasteiger partial charge on any atom is 0.220 e. The molecule has 0 aliphatic heterocycles. The van der Waals surface area contributed by atoms with Gasteiger partial charge in [0.25, 0.3) is 0 Å². The molecule has 0 aromatic rings. The van der Waals surface area contributed by atoms with Gasteiger partial charge in [0, 0.05) is 20.6 Å². The monoisotopic (exact) mass is 499 g/mol. The van der Waals surface area contributed by atoms with E-state index in [9.17, 15) is 24.8 Å². The van der Waals surface area contributed by atoms with Gasteiger partial charge in [-0.1, -0.05) is 20.8 Å². The fourth-order valence-corrected chi connectivity index (χ4v) is 9.03. The van der Waals surface area contributed by atoms with Crippen molar-refractivity contribution >= 4 is 15.7 Å². The van der Waals surface area contributed by atoms with E-state index in [1.54, 1.807) is 0 Å². The van der Waals surface area contributed by atoms with E-state index in [0.29, 0.717) is 25.2 Å². The highest BCUT2D eigenvalue weighted by Gasteiger charge is 2.62. The number of hydrogen-bond acceptors (Lipinski definition) is 5. The van der Waals surface area contributed by atoms with Crippen molar-refractivity contribution in [2.24, 2.45) is 46.3 Å². The van der Waals surface area contributed by atoms with Crippen LogP contribution in [-0.4, -0.2) is 55.3 Å². The number of hydrogen-bond donors (Lipinski definition) is 3. The first-order chi connectivity index (χ1) is 16.5. The van der Waals surface area contributed by atoms with Crippen LogP contribution in [0.4, 0.5) is 0 Å². The molecule has 0 saturated heterocycles. The molecule has 0 heterocycles. The Balaban J connectivity index is 1.47. The Morgan fingerprint density at radius 2 is 1.76 bits per heavy atom. The Hall–Kier alpha value is -0.660. The third-order valence-electron chi connectivity index (χ3n) is 10.5. The van der Waals surface area contributed by atoms with Crippen molar-refractivity contribution in [1.29, 1.82) is 0 Å². The van der Waals surface area contributed by atoms with Gasteiger partial charge in [-0.05, 0) is 104 Å². The van der Waals surface area contributed by atoms with Crippen molar-refractivity contribution in [1.82, 2.24) is 5.32 Å². The molecule has 0 aromatic heterocycles. The predicted molar refractivity (Wildman–Crippen MR) is 134 cm³/mol. The number of aliphatic hydroxyl groups excluding tert-OH is 1. The minimum atomic E-state index is -3.11. The zero-order chi connectivity index (χ0) is 26.7. The lowest BCUT2D eigenvalue weighted by Crippen LogP contribution is -2.58. The Kier molecular flexibility index (Phi) is 6.74. The molecule has 4 rings (SSSR count). The summed E-state index contributed by atoms with van der Waals surface area (Å²) < 4.78 is 41.5. The Morgan fingerprint density at radius 3 is 2.47 bits per heavy atom. The number of nitrogens with one attached hydrogen (secondary N) is 1.